The van der Waals surface area contributed by atoms with Gasteiger partial charge in [0.15, 0.2) is 5.82 Å². The molecule has 0 saturated heterocycles. The zero-order valence-electron chi connectivity index (χ0n) is 9.71. The predicted molar refractivity (Wildman–Crippen MR) is 60.4 cm³/mol. The number of hydrogen-bond donors (Lipinski definition) is 2. The Bertz CT molecular complexity index is 641. The Morgan fingerprint density at radius 3 is 2.89 bits per heavy atom. The third kappa shape index (κ3) is 2.17. The lowest BCUT2D eigenvalue weighted by molar-refractivity contribution is 0.386. The van der Waals surface area contributed by atoms with Crippen LogP contribution in [-0.2, 0) is 19.4 Å². The second kappa shape index (κ2) is 4.86. The molecule has 0 saturated carbocycles. The molecule has 0 bridgehead atoms. The molecule has 0 aromatic carbocycles. The van der Waals surface area contributed by atoms with E-state index in [0.717, 1.165) is 4.57 Å². The lowest BCUT2D eigenvalue weighted by Crippen LogP contribution is -2.32. The number of aromatic amines is 1. The molecule has 8 nitrogen and oxygen atoms in total. The van der Waals surface area contributed by atoms with Crippen LogP contribution in [0.15, 0.2) is 20.5 Å². The Morgan fingerprint density at radius 1 is 1.50 bits per heavy atom. The number of rotatable bonds is 4. The van der Waals surface area contributed by atoms with Crippen molar-refractivity contribution in [3.63, 3.8) is 0 Å². The van der Waals surface area contributed by atoms with Crippen molar-refractivity contribution in [1.82, 2.24) is 19.7 Å². The molecule has 0 aliphatic heterocycles. The van der Waals surface area contributed by atoms with Gasteiger partial charge >= 0.3 is 5.69 Å². The zero-order valence-corrected chi connectivity index (χ0v) is 9.71. The summed E-state index contributed by atoms with van der Waals surface area (Å²) >= 11 is 0. The van der Waals surface area contributed by atoms with Crippen molar-refractivity contribution in [3.8, 4) is 5.88 Å². The van der Waals surface area contributed by atoms with E-state index in [1.54, 1.807) is 6.92 Å². The van der Waals surface area contributed by atoms with Crippen LogP contribution >= 0.6 is 0 Å². The lowest BCUT2D eigenvalue weighted by Gasteiger charge is -2.08. The molecule has 0 radical (unpaired) electrons. The highest BCUT2D eigenvalue weighted by molar-refractivity contribution is 5.22. The standard InChI is InChI=1S/C10H12N4O4/c1-2-6-8(15)12-10(17)14(9(6)16)4-3-7-11-5-18-13-7/h5,16H,2-4H2,1H3,(H,12,15,17). The number of nitrogens with one attached hydrogen (secondary N) is 1. The summed E-state index contributed by atoms with van der Waals surface area (Å²) in [5.41, 5.74) is -1.03. The first-order chi connectivity index (χ1) is 8.63. The van der Waals surface area contributed by atoms with Crippen molar-refractivity contribution in [1.29, 1.82) is 0 Å². The number of H-pyrrole nitrogens is 1. The minimum atomic E-state index is -0.654. The van der Waals surface area contributed by atoms with Crippen LogP contribution < -0.4 is 11.2 Å². The largest absolute Gasteiger partial charge is 0.494 e. The molecule has 0 aliphatic rings. The normalized spacial score (nSPS) is 10.7. The van der Waals surface area contributed by atoms with Gasteiger partial charge in [0.25, 0.3) is 5.56 Å². The van der Waals surface area contributed by atoms with Crippen molar-refractivity contribution in [2.24, 2.45) is 0 Å². The third-order valence-corrected chi connectivity index (χ3v) is 2.58. The quantitative estimate of drug-likeness (QED) is 0.753. The summed E-state index contributed by atoms with van der Waals surface area (Å²) in [5, 5.41) is 13.5. The fourth-order valence-corrected chi connectivity index (χ4v) is 1.64. The molecule has 0 unspecified atom stereocenters. The summed E-state index contributed by atoms with van der Waals surface area (Å²) in [7, 11) is 0. The maximum absolute atomic E-state index is 11.6. The summed E-state index contributed by atoms with van der Waals surface area (Å²) < 4.78 is 5.64. The SMILES string of the molecule is CCc1c(O)n(CCc2ncon2)c(=O)[nH]c1=O. The molecule has 0 spiro atoms. The first kappa shape index (κ1) is 12.1. The van der Waals surface area contributed by atoms with Gasteiger partial charge in [0.05, 0.1) is 5.56 Å². The Balaban J connectivity index is 2.33. The van der Waals surface area contributed by atoms with E-state index in [4.69, 9.17) is 0 Å². The molecule has 2 heterocycles. The van der Waals surface area contributed by atoms with Crippen molar-refractivity contribution >= 4 is 0 Å². The Morgan fingerprint density at radius 2 is 2.28 bits per heavy atom. The highest BCUT2D eigenvalue weighted by atomic mass is 16.5. The van der Waals surface area contributed by atoms with Gasteiger partial charge in [-0.05, 0) is 6.42 Å². The minimum absolute atomic E-state index is 0.161. The summed E-state index contributed by atoms with van der Waals surface area (Å²) in [4.78, 5) is 28.9. The zero-order chi connectivity index (χ0) is 13.1. The molecule has 2 N–H and O–H groups in total. The monoisotopic (exact) mass is 252 g/mol. The van der Waals surface area contributed by atoms with E-state index in [1.165, 1.54) is 6.39 Å². The topological polar surface area (TPSA) is 114 Å². The molecule has 0 fully saturated rings. The molecule has 0 aliphatic carbocycles. The van der Waals surface area contributed by atoms with E-state index < -0.39 is 11.2 Å². The first-order valence-corrected chi connectivity index (χ1v) is 5.43. The molecule has 2 aromatic rings. The summed E-state index contributed by atoms with van der Waals surface area (Å²) in [6.45, 7) is 1.88. The first-order valence-electron chi connectivity index (χ1n) is 5.43. The van der Waals surface area contributed by atoms with Gasteiger partial charge < -0.3 is 9.63 Å². The highest BCUT2D eigenvalue weighted by Gasteiger charge is 2.12. The summed E-state index contributed by atoms with van der Waals surface area (Å²) in [6.07, 6.45) is 1.84. The molecule has 2 rings (SSSR count). The van der Waals surface area contributed by atoms with Gasteiger partial charge in [-0.2, -0.15) is 4.98 Å². The van der Waals surface area contributed by atoms with E-state index in [0.29, 0.717) is 18.7 Å². The third-order valence-electron chi connectivity index (χ3n) is 2.58. The van der Waals surface area contributed by atoms with Gasteiger partial charge in [0, 0.05) is 13.0 Å². The second-order valence-electron chi connectivity index (χ2n) is 3.66. The van der Waals surface area contributed by atoms with Crippen LogP contribution in [0.3, 0.4) is 0 Å². The van der Waals surface area contributed by atoms with E-state index in [-0.39, 0.29) is 18.0 Å². The predicted octanol–water partition coefficient (Wildman–Crippen LogP) is -0.570. The average molecular weight is 252 g/mol. The van der Waals surface area contributed by atoms with Gasteiger partial charge in [0.2, 0.25) is 12.3 Å². The van der Waals surface area contributed by atoms with E-state index in [9.17, 15) is 14.7 Å². The Hall–Kier alpha value is -2.38. The maximum Gasteiger partial charge on any atom is 0.331 e. The molecule has 0 amide bonds. The molecule has 0 atom stereocenters. The molecule has 8 heteroatoms. The fourth-order valence-electron chi connectivity index (χ4n) is 1.64. The highest BCUT2D eigenvalue weighted by Crippen LogP contribution is 2.10. The number of nitrogens with zero attached hydrogens (tertiary/aromatic N) is 3. The minimum Gasteiger partial charge on any atom is -0.494 e. The molecule has 96 valence electrons. The number of hydrogen-bond acceptors (Lipinski definition) is 6. The van der Waals surface area contributed by atoms with Crippen molar-refractivity contribution < 1.29 is 9.63 Å². The van der Waals surface area contributed by atoms with Crippen LogP contribution in [0.4, 0.5) is 0 Å². The fraction of sp³-hybridized carbons (Fsp3) is 0.400. The van der Waals surface area contributed by atoms with Gasteiger partial charge in [-0.1, -0.05) is 12.1 Å². The van der Waals surface area contributed by atoms with Crippen LogP contribution in [0.1, 0.15) is 18.3 Å². The van der Waals surface area contributed by atoms with Crippen LogP contribution in [0.2, 0.25) is 0 Å². The Labute approximate surface area is 101 Å². The van der Waals surface area contributed by atoms with Gasteiger partial charge in [-0.3, -0.25) is 14.3 Å². The van der Waals surface area contributed by atoms with E-state index >= 15 is 0 Å². The molecular weight excluding hydrogens is 240 g/mol. The van der Waals surface area contributed by atoms with E-state index in [1.807, 2.05) is 0 Å². The van der Waals surface area contributed by atoms with Gasteiger partial charge in [0.1, 0.15) is 0 Å². The van der Waals surface area contributed by atoms with E-state index in [2.05, 4.69) is 19.6 Å². The smallest absolute Gasteiger partial charge is 0.331 e. The Kier molecular flexibility index (Phi) is 3.26. The summed E-state index contributed by atoms with van der Waals surface area (Å²) in [5.74, 6) is 0.111. The molecular formula is C10H12N4O4. The van der Waals surface area contributed by atoms with Crippen LogP contribution in [-0.4, -0.2) is 24.8 Å². The van der Waals surface area contributed by atoms with Gasteiger partial charge in [-0.25, -0.2) is 4.79 Å². The van der Waals surface area contributed by atoms with Gasteiger partial charge in [-0.15, -0.1) is 0 Å². The number of aryl methyl sites for hydroxylation is 1. The lowest BCUT2D eigenvalue weighted by atomic mass is 10.2. The van der Waals surface area contributed by atoms with Crippen LogP contribution in [0.25, 0.3) is 0 Å². The maximum atomic E-state index is 11.6. The number of aromatic hydroxyl groups is 1. The van der Waals surface area contributed by atoms with Crippen LogP contribution in [0, 0.1) is 0 Å². The van der Waals surface area contributed by atoms with Crippen molar-refractivity contribution in [3.05, 3.63) is 38.6 Å². The molecule has 18 heavy (non-hydrogen) atoms. The van der Waals surface area contributed by atoms with Crippen molar-refractivity contribution in [2.75, 3.05) is 0 Å². The second-order valence-corrected chi connectivity index (χ2v) is 3.66. The van der Waals surface area contributed by atoms with Crippen molar-refractivity contribution in [2.45, 2.75) is 26.3 Å². The molecule has 2 aromatic heterocycles. The average Bonchev–Trinajstić information content (AvgIpc) is 2.81. The number of aromatic nitrogens is 4. The van der Waals surface area contributed by atoms with Crippen LogP contribution in [0.5, 0.6) is 5.88 Å². The summed E-state index contributed by atoms with van der Waals surface area (Å²) in [6, 6.07) is 0.